The van der Waals surface area contributed by atoms with Crippen molar-refractivity contribution in [3.05, 3.63) is 28.8 Å². The highest BCUT2D eigenvalue weighted by Gasteiger charge is 2.25. The van der Waals surface area contributed by atoms with Gasteiger partial charge in [0.05, 0.1) is 9.92 Å². The summed E-state index contributed by atoms with van der Waals surface area (Å²) < 4.78 is 26.2. The third kappa shape index (κ3) is 4.15. The van der Waals surface area contributed by atoms with Crippen LogP contribution in [-0.2, 0) is 10.0 Å². The molecule has 0 unspecified atom stereocenters. The monoisotopic (exact) mass is 334 g/mol. The highest BCUT2D eigenvalue weighted by Crippen LogP contribution is 2.25. The Labute approximate surface area is 131 Å². The van der Waals surface area contributed by atoms with Crippen LogP contribution in [-0.4, -0.2) is 31.3 Å². The minimum absolute atomic E-state index is 0.134. The van der Waals surface area contributed by atoms with E-state index in [1.165, 1.54) is 22.5 Å². The molecule has 1 rings (SSSR count). The van der Waals surface area contributed by atoms with Crippen LogP contribution < -0.4 is 5.73 Å². The molecule has 0 aromatic heterocycles. The molecule has 0 aliphatic carbocycles. The van der Waals surface area contributed by atoms with E-state index in [1.807, 2.05) is 20.8 Å². The molecule has 0 heterocycles. The number of benzene rings is 1. The number of sulfonamides is 1. The molecule has 0 atom stereocenters. The number of halogens is 1. The van der Waals surface area contributed by atoms with Gasteiger partial charge in [0.25, 0.3) is 0 Å². The topological polar surface area (TPSA) is 63.4 Å². The quantitative estimate of drug-likeness (QED) is 0.860. The third-order valence-electron chi connectivity index (χ3n) is 2.61. The molecule has 1 aromatic carbocycles. The average Bonchev–Trinajstić information content (AvgIpc) is 2.25. The van der Waals surface area contributed by atoms with E-state index < -0.39 is 10.0 Å². The van der Waals surface area contributed by atoms with Crippen molar-refractivity contribution in [1.29, 1.82) is 0 Å². The Morgan fingerprint density at radius 2 is 1.95 bits per heavy atom. The minimum Gasteiger partial charge on any atom is -0.389 e. The molecule has 0 aliphatic heterocycles. The van der Waals surface area contributed by atoms with Crippen LogP contribution in [0.15, 0.2) is 23.1 Å². The first kappa shape index (κ1) is 17.4. The molecule has 1 aromatic rings. The van der Waals surface area contributed by atoms with E-state index >= 15 is 0 Å². The maximum absolute atomic E-state index is 12.4. The Bertz CT molecular complexity index is 622. The SMILES string of the molecule is CN(CC(C)(C)C)S(=O)(=O)c1ccc(C(N)=S)c(Cl)c1. The van der Waals surface area contributed by atoms with Crippen molar-refractivity contribution < 1.29 is 8.42 Å². The number of nitrogens with zero attached hydrogens (tertiary/aromatic N) is 1. The van der Waals surface area contributed by atoms with Gasteiger partial charge in [-0.15, -0.1) is 0 Å². The summed E-state index contributed by atoms with van der Waals surface area (Å²) in [4.78, 5) is 0.274. The van der Waals surface area contributed by atoms with Crippen molar-refractivity contribution in [1.82, 2.24) is 4.31 Å². The molecule has 7 heteroatoms. The van der Waals surface area contributed by atoms with Gasteiger partial charge in [-0.2, -0.15) is 0 Å². The fourth-order valence-electron chi connectivity index (χ4n) is 1.79. The Hall–Kier alpha value is -0.690. The number of rotatable bonds is 4. The maximum Gasteiger partial charge on any atom is 0.242 e. The normalized spacial score (nSPS) is 12.7. The predicted molar refractivity (Wildman–Crippen MR) is 86.6 cm³/mol. The van der Waals surface area contributed by atoms with Crippen molar-refractivity contribution >= 4 is 38.8 Å². The van der Waals surface area contributed by atoms with Crippen molar-refractivity contribution in [3.63, 3.8) is 0 Å². The second kappa shape index (κ2) is 5.97. The third-order valence-corrected chi connectivity index (χ3v) is 4.94. The fraction of sp³-hybridized carbons (Fsp3) is 0.462. The zero-order chi connectivity index (χ0) is 15.7. The number of thiocarbonyl (C=S) groups is 1. The number of hydrogen-bond acceptors (Lipinski definition) is 3. The van der Waals surface area contributed by atoms with E-state index in [2.05, 4.69) is 0 Å². The first-order chi connectivity index (χ1) is 8.95. The van der Waals surface area contributed by atoms with Gasteiger partial charge in [0, 0.05) is 19.2 Å². The molecule has 0 fully saturated rings. The number of nitrogens with two attached hydrogens (primary N) is 1. The van der Waals surface area contributed by atoms with E-state index in [0.717, 1.165) is 0 Å². The summed E-state index contributed by atoms with van der Waals surface area (Å²) in [6.45, 7) is 6.33. The van der Waals surface area contributed by atoms with Gasteiger partial charge in [-0.05, 0) is 23.6 Å². The van der Waals surface area contributed by atoms with Crippen molar-refractivity contribution in [2.24, 2.45) is 11.1 Å². The predicted octanol–water partition coefficient (Wildman–Crippen LogP) is 2.64. The molecule has 2 N–H and O–H groups in total. The van der Waals surface area contributed by atoms with Gasteiger partial charge in [0.15, 0.2) is 0 Å². The van der Waals surface area contributed by atoms with Crippen LogP contribution >= 0.6 is 23.8 Å². The minimum atomic E-state index is -3.57. The molecule has 0 aliphatic rings. The second-order valence-corrected chi connectivity index (χ2v) is 8.72. The summed E-state index contributed by atoms with van der Waals surface area (Å²) >= 11 is 10.9. The lowest BCUT2D eigenvalue weighted by atomic mass is 9.97. The molecule has 0 amide bonds. The van der Waals surface area contributed by atoms with E-state index in [0.29, 0.717) is 12.1 Å². The Kier molecular flexibility index (Phi) is 5.18. The molecular formula is C13H19ClN2O2S2. The van der Waals surface area contributed by atoms with E-state index in [1.54, 1.807) is 7.05 Å². The van der Waals surface area contributed by atoms with Crippen molar-refractivity contribution in [2.75, 3.05) is 13.6 Å². The molecule has 0 spiro atoms. The molecule has 0 bridgehead atoms. The van der Waals surface area contributed by atoms with Gasteiger partial charge in [0.2, 0.25) is 10.0 Å². The molecule has 4 nitrogen and oxygen atoms in total. The first-order valence-electron chi connectivity index (χ1n) is 6.01. The van der Waals surface area contributed by atoms with Crippen LogP contribution in [0.25, 0.3) is 0 Å². The summed E-state index contributed by atoms with van der Waals surface area (Å²) in [7, 11) is -2.02. The van der Waals surface area contributed by atoms with Gasteiger partial charge in [0.1, 0.15) is 4.99 Å². The number of hydrogen-bond donors (Lipinski definition) is 1. The second-order valence-electron chi connectivity index (χ2n) is 5.83. The van der Waals surface area contributed by atoms with Crippen LogP contribution in [0.1, 0.15) is 26.3 Å². The summed E-state index contributed by atoms with van der Waals surface area (Å²) in [5.41, 5.74) is 5.84. The standard InChI is InChI=1S/C13H19ClN2O2S2/c1-13(2,3)8-16(4)20(17,18)9-5-6-10(12(15)19)11(14)7-9/h5-7H,8H2,1-4H3,(H2,15,19). The lowest BCUT2D eigenvalue weighted by Gasteiger charge is -2.26. The van der Waals surface area contributed by atoms with Crippen LogP contribution in [0.4, 0.5) is 0 Å². The Morgan fingerprint density at radius 1 is 1.40 bits per heavy atom. The highest BCUT2D eigenvalue weighted by atomic mass is 35.5. The summed E-state index contributed by atoms with van der Waals surface area (Å²) in [6, 6.07) is 4.38. The van der Waals surface area contributed by atoms with Gasteiger partial charge in [-0.3, -0.25) is 0 Å². The van der Waals surface area contributed by atoms with Crippen LogP contribution in [0.3, 0.4) is 0 Å². The molecule has 0 saturated heterocycles. The molecule has 112 valence electrons. The maximum atomic E-state index is 12.4. The highest BCUT2D eigenvalue weighted by molar-refractivity contribution is 7.89. The Balaban J connectivity index is 3.17. The van der Waals surface area contributed by atoms with Crippen molar-refractivity contribution in [2.45, 2.75) is 25.7 Å². The van der Waals surface area contributed by atoms with Crippen LogP contribution in [0.5, 0.6) is 0 Å². The zero-order valence-corrected chi connectivity index (χ0v) is 14.4. The molecule has 0 saturated carbocycles. The lowest BCUT2D eigenvalue weighted by Crippen LogP contribution is -2.34. The zero-order valence-electron chi connectivity index (χ0n) is 12.0. The molecule has 0 radical (unpaired) electrons. The lowest BCUT2D eigenvalue weighted by molar-refractivity contribution is 0.311. The smallest absolute Gasteiger partial charge is 0.242 e. The summed E-state index contributed by atoms with van der Waals surface area (Å²) in [5.74, 6) is 0. The van der Waals surface area contributed by atoms with E-state index in [9.17, 15) is 8.42 Å². The van der Waals surface area contributed by atoms with Gasteiger partial charge in [-0.25, -0.2) is 12.7 Å². The largest absolute Gasteiger partial charge is 0.389 e. The van der Waals surface area contributed by atoms with Gasteiger partial charge < -0.3 is 5.73 Å². The van der Waals surface area contributed by atoms with Crippen LogP contribution in [0.2, 0.25) is 5.02 Å². The summed E-state index contributed by atoms with van der Waals surface area (Å²) in [6.07, 6.45) is 0. The molecule has 20 heavy (non-hydrogen) atoms. The first-order valence-corrected chi connectivity index (χ1v) is 8.23. The van der Waals surface area contributed by atoms with Gasteiger partial charge >= 0.3 is 0 Å². The van der Waals surface area contributed by atoms with E-state index in [-0.39, 0.29) is 20.3 Å². The fourth-order valence-corrected chi connectivity index (χ4v) is 3.79. The van der Waals surface area contributed by atoms with E-state index in [4.69, 9.17) is 29.6 Å². The van der Waals surface area contributed by atoms with Crippen LogP contribution in [0, 0.1) is 5.41 Å². The average molecular weight is 335 g/mol. The summed E-state index contributed by atoms with van der Waals surface area (Å²) in [5, 5.41) is 0.239. The molecular weight excluding hydrogens is 316 g/mol. The Morgan fingerprint density at radius 3 is 2.35 bits per heavy atom. The van der Waals surface area contributed by atoms with Gasteiger partial charge in [-0.1, -0.05) is 44.6 Å². The van der Waals surface area contributed by atoms with Crippen molar-refractivity contribution in [3.8, 4) is 0 Å².